The Morgan fingerprint density at radius 2 is 2.33 bits per heavy atom. The lowest BCUT2D eigenvalue weighted by atomic mass is 10.0. The zero-order valence-electron chi connectivity index (χ0n) is 10.7. The molecule has 1 aliphatic rings. The molecule has 1 saturated heterocycles. The van der Waals surface area contributed by atoms with Crippen molar-refractivity contribution in [1.29, 1.82) is 0 Å². The van der Waals surface area contributed by atoms with Crippen LogP contribution < -0.4 is 5.32 Å². The van der Waals surface area contributed by atoms with Crippen molar-refractivity contribution >= 4 is 9.84 Å². The topological polar surface area (TPSA) is 85.1 Å². The minimum atomic E-state index is -3.17. The summed E-state index contributed by atoms with van der Waals surface area (Å²) in [5, 5.41) is 6.35. The molecule has 2 atom stereocenters. The Balaban J connectivity index is 1.93. The van der Waals surface area contributed by atoms with Crippen LogP contribution in [0.5, 0.6) is 0 Å². The quantitative estimate of drug-likeness (QED) is 0.850. The maximum absolute atomic E-state index is 11.4. The van der Waals surface area contributed by atoms with Crippen LogP contribution in [0.25, 0.3) is 0 Å². The van der Waals surface area contributed by atoms with E-state index >= 15 is 0 Å². The van der Waals surface area contributed by atoms with Crippen molar-refractivity contribution in [2.45, 2.75) is 31.4 Å². The van der Waals surface area contributed by atoms with Gasteiger partial charge in [-0.25, -0.2) is 8.42 Å². The molecule has 0 radical (unpaired) electrons. The van der Waals surface area contributed by atoms with Gasteiger partial charge in [-0.15, -0.1) is 0 Å². The normalized spacial score (nSPS) is 22.2. The van der Waals surface area contributed by atoms with Gasteiger partial charge in [-0.05, 0) is 38.8 Å². The van der Waals surface area contributed by atoms with Crippen LogP contribution in [0, 0.1) is 5.92 Å². The predicted molar refractivity (Wildman–Crippen MR) is 66.9 cm³/mol. The molecule has 0 saturated carbocycles. The van der Waals surface area contributed by atoms with E-state index in [1.165, 1.54) is 12.7 Å². The second-order valence-electron chi connectivity index (χ2n) is 4.92. The van der Waals surface area contributed by atoms with E-state index in [9.17, 15) is 8.42 Å². The number of hydrogen-bond donors (Lipinski definition) is 1. The molecule has 18 heavy (non-hydrogen) atoms. The number of aromatic nitrogens is 2. The summed E-state index contributed by atoms with van der Waals surface area (Å²) in [4.78, 5) is 4.16. The van der Waals surface area contributed by atoms with Crippen LogP contribution in [-0.4, -0.2) is 37.9 Å². The number of rotatable bonds is 5. The first-order chi connectivity index (χ1) is 8.47. The summed E-state index contributed by atoms with van der Waals surface area (Å²) in [7, 11) is -3.17. The van der Waals surface area contributed by atoms with E-state index in [0.29, 0.717) is 11.8 Å². The summed E-state index contributed by atoms with van der Waals surface area (Å²) >= 11 is 0. The fraction of sp³-hybridized carbons (Fsp3) is 0.818. The van der Waals surface area contributed by atoms with Gasteiger partial charge in [0, 0.05) is 12.7 Å². The second-order valence-corrected chi connectivity index (χ2v) is 7.28. The SMILES string of the molecule is CC(c1noc(CCC2CCNC2)n1)S(C)(=O)=O. The molecule has 2 unspecified atom stereocenters. The maximum atomic E-state index is 11.4. The Labute approximate surface area is 107 Å². The highest BCUT2D eigenvalue weighted by atomic mass is 32.2. The van der Waals surface area contributed by atoms with Crippen LogP contribution in [-0.2, 0) is 16.3 Å². The average Bonchev–Trinajstić information content (AvgIpc) is 2.95. The Morgan fingerprint density at radius 3 is 2.94 bits per heavy atom. The van der Waals surface area contributed by atoms with Gasteiger partial charge < -0.3 is 9.84 Å². The van der Waals surface area contributed by atoms with Crippen LogP contribution in [0.4, 0.5) is 0 Å². The van der Waals surface area contributed by atoms with E-state index in [0.717, 1.165) is 25.9 Å². The molecular formula is C11H19N3O3S. The van der Waals surface area contributed by atoms with Gasteiger partial charge in [-0.1, -0.05) is 5.16 Å². The molecule has 0 aromatic carbocycles. The maximum Gasteiger partial charge on any atom is 0.226 e. The molecule has 7 heteroatoms. The van der Waals surface area contributed by atoms with Gasteiger partial charge in [0.05, 0.1) is 0 Å². The second kappa shape index (κ2) is 5.36. The molecular weight excluding hydrogens is 254 g/mol. The Kier molecular flexibility index (Phi) is 4.01. The lowest BCUT2D eigenvalue weighted by molar-refractivity contribution is 0.360. The van der Waals surface area contributed by atoms with Crippen molar-refractivity contribution < 1.29 is 12.9 Å². The number of nitrogens with one attached hydrogen (secondary N) is 1. The van der Waals surface area contributed by atoms with Gasteiger partial charge in [0.25, 0.3) is 0 Å². The van der Waals surface area contributed by atoms with E-state index in [2.05, 4.69) is 15.5 Å². The smallest absolute Gasteiger partial charge is 0.226 e. The third kappa shape index (κ3) is 3.29. The number of aryl methyl sites for hydroxylation is 1. The first-order valence-electron chi connectivity index (χ1n) is 6.19. The van der Waals surface area contributed by atoms with Crippen LogP contribution in [0.2, 0.25) is 0 Å². The highest BCUT2D eigenvalue weighted by Gasteiger charge is 2.23. The molecule has 1 aromatic heterocycles. The lowest BCUT2D eigenvalue weighted by Crippen LogP contribution is -2.10. The van der Waals surface area contributed by atoms with E-state index in [1.54, 1.807) is 6.92 Å². The van der Waals surface area contributed by atoms with Gasteiger partial charge in [0.1, 0.15) is 5.25 Å². The molecule has 102 valence electrons. The van der Waals surface area contributed by atoms with Gasteiger partial charge >= 0.3 is 0 Å². The molecule has 6 nitrogen and oxygen atoms in total. The average molecular weight is 273 g/mol. The lowest BCUT2D eigenvalue weighted by Gasteiger charge is -2.04. The molecule has 0 bridgehead atoms. The first-order valence-corrected chi connectivity index (χ1v) is 8.14. The first kappa shape index (κ1) is 13.5. The van der Waals surface area contributed by atoms with Gasteiger partial charge in [-0.2, -0.15) is 4.98 Å². The Hall–Kier alpha value is -0.950. The van der Waals surface area contributed by atoms with E-state index in [-0.39, 0.29) is 5.82 Å². The molecule has 2 rings (SSSR count). The van der Waals surface area contributed by atoms with Crippen LogP contribution in [0.1, 0.15) is 36.7 Å². The number of hydrogen-bond acceptors (Lipinski definition) is 6. The van der Waals surface area contributed by atoms with Crippen molar-refractivity contribution in [1.82, 2.24) is 15.5 Å². The minimum absolute atomic E-state index is 0.261. The third-order valence-corrected chi connectivity index (χ3v) is 4.91. The molecule has 2 heterocycles. The fourth-order valence-corrected chi connectivity index (χ4v) is 2.49. The monoisotopic (exact) mass is 273 g/mol. The summed E-state index contributed by atoms with van der Waals surface area (Å²) in [5.41, 5.74) is 0. The van der Waals surface area contributed by atoms with Crippen molar-refractivity contribution in [3.63, 3.8) is 0 Å². The van der Waals surface area contributed by atoms with E-state index < -0.39 is 15.1 Å². The van der Waals surface area contributed by atoms with Crippen LogP contribution in [0.15, 0.2) is 4.52 Å². The van der Waals surface area contributed by atoms with Crippen molar-refractivity contribution in [2.24, 2.45) is 5.92 Å². The summed E-state index contributed by atoms with van der Waals surface area (Å²) < 4.78 is 27.9. The molecule has 0 amide bonds. The highest BCUT2D eigenvalue weighted by molar-refractivity contribution is 7.90. The predicted octanol–water partition coefficient (Wildman–Crippen LogP) is 0.717. The molecule has 1 N–H and O–H groups in total. The summed E-state index contributed by atoms with van der Waals surface area (Å²) in [6, 6.07) is 0. The van der Waals surface area contributed by atoms with Gasteiger partial charge in [-0.3, -0.25) is 0 Å². The fourth-order valence-electron chi connectivity index (χ4n) is 2.01. The van der Waals surface area contributed by atoms with E-state index in [1.807, 2.05) is 0 Å². The molecule has 1 fully saturated rings. The zero-order valence-corrected chi connectivity index (χ0v) is 11.5. The van der Waals surface area contributed by atoms with Gasteiger partial charge in [0.15, 0.2) is 15.7 Å². The highest BCUT2D eigenvalue weighted by Crippen LogP contribution is 2.19. The summed E-state index contributed by atoms with van der Waals surface area (Å²) in [6.07, 6.45) is 4.08. The molecule has 0 aliphatic carbocycles. The molecule has 0 spiro atoms. The standard InChI is InChI=1S/C11H19N3O3S/c1-8(18(2,15)16)11-13-10(17-14-11)4-3-9-5-6-12-7-9/h8-9,12H,3-7H2,1-2H3. The Morgan fingerprint density at radius 1 is 1.56 bits per heavy atom. The molecule has 1 aromatic rings. The van der Waals surface area contributed by atoms with Crippen molar-refractivity contribution in [3.8, 4) is 0 Å². The largest absolute Gasteiger partial charge is 0.339 e. The van der Waals surface area contributed by atoms with Crippen molar-refractivity contribution in [2.75, 3.05) is 19.3 Å². The minimum Gasteiger partial charge on any atom is -0.339 e. The summed E-state index contributed by atoms with van der Waals surface area (Å²) in [5.74, 6) is 1.46. The third-order valence-electron chi connectivity index (χ3n) is 3.42. The van der Waals surface area contributed by atoms with Crippen molar-refractivity contribution in [3.05, 3.63) is 11.7 Å². The number of nitrogens with zero attached hydrogens (tertiary/aromatic N) is 2. The number of sulfone groups is 1. The van der Waals surface area contributed by atoms with Crippen LogP contribution >= 0.6 is 0 Å². The molecule has 1 aliphatic heterocycles. The summed E-state index contributed by atoms with van der Waals surface area (Å²) in [6.45, 7) is 3.69. The van der Waals surface area contributed by atoms with E-state index in [4.69, 9.17) is 4.52 Å². The van der Waals surface area contributed by atoms with Gasteiger partial charge in [0.2, 0.25) is 5.89 Å². The van der Waals surface area contributed by atoms with Crippen LogP contribution in [0.3, 0.4) is 0 Å². The zero-order chi connectivity index (χ0) is 13.2. The Bertz CT molecular complexity index is 491.